The highest BCUT2D eigenvalue weighted by Gasteiger charge is 2.31. The van der Waals surface area contributed by atoms with E-state index < -0.39 is 10.0 Å². The second kappa shape index (κ2) is 7.70. The molecule has 1 heterocycles. The highest BCUT2D eigenvalue weighted by atomic mass is 32.2. The van der Waals surface area contributed by atoms with Crippen molar-refractivity contribution in [1.29, 1.82) is 0 Å². The minimum Gasteiger partial charge on any atom is -0.491 e. The van der Waals surface area contributed by atoms with Crippen molar-refractivity contribution in [2.75, 3.05) is 11.4 Å². The normalized spacial score (nSPS) is 16.4. The molecule has 0 spiro atoms. The first-order valence-electron chi connectivity index (χ1n) is 8.94. The summed E-state index contributed by atoms with van der Waals surface area (Å²) < 4.78 is 32.9. The van der Waals surface area contributed by atoms with E-state index in [1.54, 1.807) is 17.0 Å². The van der Waals surface area contributed by atoms with E-state index >= 15 is 0 Å². The first kappa shape index (κ1) is 19.4. The van der Waals surface area contributed by atoms with Crippen molar-refractivity contribution in [3.05, 3.63) is 54.1 Å². The molecule has 0 radical (unpaired) electrons. The standard InChI is InChI=1S/C20H24N2O4S/c1-14(2)26-17-8-10-18(11-9-17)27(24,25)21-13-20(23)22-15(3)12-16-6-4-5-7-19(16)22/h4-11,14-15,21H,12-13H2,1-3H3. The van der Waals surface area contributed by atoms with Crippen LogP contribution in [0.1, 0.15) is 26.3 Å². The Morgan fingerprint density at radius 1 is 1.19 bits per heavy atom. The molecule has 144 valence electrons. The lowest BCUT2D eigenvalue weighted by molar-refractivity contribution is -0.117. The largest absolute Gasteiger partial charge is 0.491 e. The average Bonchev–Trinajstić information content (AvgIpc) is 2.95. The van der Waals surface area contributed by atoms with Gasteiger partial charge in [0.05, 0.1) is 17.5 Å². The van der Waals surface area contributed by atoms with Crippen molar-refractivity contribution in [1.82, 2.24) is 4.72 Å². The third-order valence-electron chi connectivity index (χ3n) is 4.40. The SMILES string of the molecule is CC(C)Oc1ccc(S(=O)(=O)NCC(=O)N2c3ccccc3CC2C)cc1. The summed E-state index contributed by atoms with van der Waals surface area (Å²) in [5.74, 6) is 0.332. The summed E-state index contributed by atoms with van der Waals surface area (Å²) in [7, 11) is -3.78. The van der Waals surface area contributed by atoms with Crippen LogP contribution in [0.3, 0.4) is 0 Å². The topological polar surface area (TPSA) is 75.7 Å². The van der Waals surface area contributed by atoms with Crippen molar-refractivity contribution in [3.63, 3.8) is 0 Å². The number of rotatable bonds is 6. The molecule has 1 amide bonds. The van der Waals surface area contributed by atoms with Crippen LogP contribution in [0.15, 0.2) is 53.4 Å². The van der Waals surface area contributed by atoms with Crippen LogP contribution in [0, 0.1) is 0 Å². The number of ether oxygens (including phenoxy) is 1. The number of carbonyl (C=O) groups excluding carboxylic acids is 1. The number of hydrogen-bond acceptors (Lipinski definition) is 4. The van der Waals surface area contributed by atoms with E-state index in [9.17, 15) is 13.2 Å². The Labute approximate surface area is 160 Å². The number of carbonyl (C=O) groups is 1. The van der Waals surface area contributed by atoms with Crippen LogP contribution in [-0.2, 0) is 21.2 Å². The molecule has 1 aliphatic rings. The van der Waals surface area contributed by atoms with Crippen molar-refractivity contribution in [3.8, 4) is 5.75 Å². The van der Waals surface area contributed by atoms with E-state index in [1.165, 1.54) is 12.1 Å². The van der Waals surface area contributed by atoms with Crippen LogP contribution < -0.4 is 14.4 Å². The third kappa shape index (κ3) is 4.31. The fraction of sp³-hybridized carbons (Fsp3) is 0.350. The summed E-state index contributed by atoms with van der Waals surface area (Å²) in [6.07, 6.45) is 0.778. The van der Waals surface area contributed by atoms with E-state index in [1.807, 2.05) is 45.0 Å². The van der Waals surface area contributed by atoms with E-state index in [-0.39, 0.29) is 29.5 Å². The zero-order valence-electron chi connectivity index (χ0n) is 15.7. The molecule has 0 bridgehead atoms. The number of hydrogen-bond donors (Lipinski definition) is 1. The molecule has 2 aromatic rings. The molecular weight excluding hydrogens is 364 g/mol. The van der Waals surface area contributed by atoms with Gasteiger partial charge in [0, 0.05) is 11.7 Å². The number of nitrogens with one attached hydrogen (secondary N) is 1. The first-order chi connectivity index (χ1) is 12.8. The number of benzene rings is 2. The molecular formula is C20H24N2O4S. The quantitative estimate of drug-likeness (QED) is 0.826. The summed E-state index contributed by atoms with van der Waals surface area (Å²) in [5.41, 5.74) is 1.95. The Bertz CT molecular complexity index is 923. The molecule has 0 aliphatic carbocycles. The van der Waals surface area contributed by atoms with Gasteiger partial charge in [-0.3, -0.25) is 4.79 Å². The first-order valence-corrected chi connectivity index (χ1v) is 10.4. The lowest BCUT2D eigenvalue weighted by Crippen LogP contribution is -2.43. The van der Waals surface area contributed by atoms with Gasteiger partial charge in [-0.2, -0.15) is 0 Å². The predicted octanol–water partition coefficient (Wildman–Crippen LogP) is 2.73. The maximum absolute atomic E-state index is 12.7. The summed E-state index contributed by atoms with van der Waals surface area (Å²) in [4.78, 5) is 14.4. The van der Waals surface area contributed by atoms with E-state index in [0.29, 0.717) is 5.75 Å². The van der Waals surface area contributed by atoms with Crippen molar-refractivity contribution in [2.45, 2.75) is 44.2 Å². The van der Waals surface area contributed by atoms with Crippen LogP contribution in [-0.4, -0.2) is 33.0 Å². The van der Waals surface area contributed by atoms with Gasteiger partial charge < -0.3 is 9.64 Å². The van der Waals surface area contributed by atoms with Crippen LogP contribution in [0.25, 0.3) is 0 Å². The third-order valence-corrected chi connectivity index (χ3v) is 5.81. The van der Waals surface area contributed by atoms with Gasteiger partial charge in [-0.15, -0.1) is 0 Å². The van der Waals surface area contributed by atoms with Gasteiger partial charge in [-0.1, -0.05) is 18.2 Å². The lowest BCUT2D eigenvalue weighted by atomic mass is 10.1. The van der Waals surface area contributed by atoms with Crippen molar-refractivity contribution in [2.24, 2.45) is 0 Å². The van der Waals surface area contributed by atoms with Crippen LogP contribution >= 0.6 is 0 Å². The zero-order valence-corrected chi connectivity index (χ0v) is 16.5. The highest BCUT2D eigenvalue weighted by Crippen LogP contribution is 2.31. The Balaban J connectivity index is 1.67. The van der Waals surface area contributed by atoms with Gasteiger partial charge in [0.2, 0.25) is 15.9 Å². The average molecular weight is 388 g/mol. The van der Waals surface area contributed by atoms with E-state index in [4.69, 9.17) is 4.74 Å². The Morgan fingerprint density at radius 3 is 2.52 bits per heavy atom. The molecule has 0 saturated heterocycles. The molecule has 6 nitrogen and oxygen atoms in total. The van der Waals surface area contributed by atoms with Crippen LogP contribution in [0.2, 0.25) is 0 Å². The Hall–Kier alpha value is -2.38. The van der Waals surface area contributed by atoms with Gasteiger partial charge in [0.1, 0.15) is 5.75 Å². The van der Waals surface area contributed by atoms with Crippen molar-refractivity contribution >= 4 is 21.6 Å². The number of fused-ring (bicyclic) bond motifs is 1. The minimum absolute atomic E-state index is 0.00636. The number of nitrogens with zero attached hydrogens (tertiary/aromatic N) is 1. The molecule has 3 rings (SSSR count). The van der Waals surface area contributed by atoms with Crippen molar-refractivity contribution < 1.29 is 17.9 Å². The molecule has 0 saturated carbocycles. The Morgan fingerprint density at radius 2 is 1.85 bits per heavy atom. The fourth-order valence-electron chi connectivity index (χ4n) is 3.24. The minimum atomic E-state index is -3.78. The molecule has 1 N–H and O–H groups in total. The second-order valence-electron chi connectivity index (χ2n) is 6.91. The van der Waals surface area contributed by atoms with Crippen LogP contribution in [0.5, 0.6) is 5.75 Å². The van der Waals surface area contributed by atoms with Gasteiger partial charge in [-0.25, -0.2) is 13.1 Å². The molecule has 7 heteroatoms. The monoisotopic (exact) mass is 388 g/mol. The maximum Gasteiger partial charge on any atom is 0.242 e. The van der Waals surface area contributed by atoms with Gasteiger partial charge in [-0.05, 0) is 63.1 Å². The molecule has 0 fully saturated rings. The summed E-state index contributed by atoms with van der Waals surface area (Å²) in [6, 6.07) is 13.9. The molecule has 27 heavy (non-hydrogen) atoms. The number of amides is 1. The fourth-order valence-corrected chi connectivity index (χ4v) is 4.21. The molecule has 2 aromatic carbocycles. The van der Waals surface area contributed by atoms with Gasteiger partial charge in [0.25, 0.3) is 0 Å². The summed E-state index contributed by atoms with van der Waals surface area (Å²) in [5, 5.41) is 0. The predicted molar refractivity (Wildman–Crippen MR) is 104 cm³/mol. The van der Waals surface area contributed by atoms with Crippen LogP contribution in [0.4, 0.5) is 5.69 Å². The summed E-state index contributed by atoms with van der Waals surface area (Å²) >= 11 is 0. The summed E-state index contributed by atoms with van der Waals surface area (Å²) in [6.45, 7) is 5.47. The van der Waals surface area contributed by atoms with Gasteiger partial charge in [0.15, 0.2) is 0 Å². The number of para-hydroxylation sites is 1. The maximum atomic E-state index is 12.7. The van der Waals surface area contributed by atoms with Gasteiger partial charge >= 0.3 is 0 Å². The van der Waals surface area contributed by atoms with E-state index in [0.717, 1.165) is 17.7 Å². The molecule has 0 aromatic heterocycles. The number of anilines is 1. The second-order valence-corrected chi connectivity index (χ2v) is 8.68. The lowest BCUT2D eigenvalue weighted by Gasteiger charge is -2.23. The number of sulfonamides is 1. The smallest absolute Gasteiger partial charge is 0.242 e. The molecule has 1 atom stereocenters. The Kier molecular flexibility index (Phi) is 5.53. The molecule has 1 unspecified atom stereocenters. The van der Waals surface area contributed by atoms with E-state index in [2.05, 4.69) is 4.72 Å². The molecule has 1 aliphatic heterocycles. The highest BCUT2D eigenvalue weighted by molar-refractivity contribution is 7.89. The zero-order chi connectivity index (χ0) is 19.6.